The summed E-state index contributed by atoms with van der Waals surface area (Å²) in [4.78, 5) is 0. The van der Waals surface area contributed by atoms with Crippen LogP contribution >= 0.6 is 15.9 Å². The Labute approximate surface area is 141 Å². The molecule has 0 saturated heterocycles. The zero-order valence-corrected chi connectivity index (χ0v) is 14.4. The highest BCUT2D eigenvalue weighted by atomic mass is 79.9. The topological polar surface area (TPSA) is 18.5 Å². The first-order valence-corrected chi connectivity index (χ1v) is 8.84. The predicted octanol–water partition coefficient (Wildman–Crippen LogP) is 4.75. The van der Waals surface area contributed by atoms with Gasteiger partial charge in [0.25, 0.3) is 0 Å². The van der Waals surface area contributed by atoms with Crippen molar-refractivity contribution >= 4 is 15.9 Å². The Morgan fingerprint density at radius 1 is 0.727 bits per heavy atom. The van der Waals surface area contributed by atoms with Gasteiger partial charge in [-0.3, -0.25) is 0 Å². The molecule has 0 spiro atoms. The average Bonchev–Trinajstić information content (AvgIpc) is 2.56. The molecule has 2 nitrogen and oxygen atoms in total. The fourth-order valence-electron chi connectivity index (χ4n) is 2.20. The van der Waals surface area contributed by atoms with Crippen molar-refractivity contribution in [2.24, 2.45) is 0 Å². The molecular weight excluding hydrogens is 340 g/mol. The Kier molecular flexibility index (Phi) is 8.24. The van der Waals surface area contributed by atoms with Crippen LogP contribution in [-0.2, 0) is 29.1 Å². The molecule has 0 aliphatic rings. The van der Waals surface area contributed by atoms with Crippen molar-refractivity contribution in [1.29, 1.82) is 0 Å². The molecule has 0 unspecified atom stereocenters. The largest absolute Gasteiger partial charge is 0.377 e. The molecule has 2 aromatic carbocycles. The van der Waals surface area contributed by atoms with Crippen molar-refractivity contribution in [2.45, 2.75) is 26.1 Å². The fourth-order valence-corrected chi connectivity index (χ4v) is 2.66. The van der Waals surface area contributed by atoms with E-state index in [1.54, 1.807) is 0 Å². The molecule has 0 radical (unpaired) electrons. The molecule has 0 N–H and O–H groups in total. The summed E-state index contributed by atoms with van der Waals surface area (Å²) in [6.07, 6.45) is 1.98. The third kappa shape index (κ3) is 6.73. The van der Waals surface area contributed by atoms with Crippen molar-refractivity contribution in [2.75, 3.05) is 18.5 Å². The van der Waals surface area contributed by atoms with E-state index in [1.165, 1.54) is 16.7 Å². The van der Waals surface area contributed by atoms with Gasteiger partial charge in [0, 0.05) is 18.5 Å². The van der Waals surface area contributed by atoms with Gasteiger partial charge in [-0.1, -0.05) is 70.5 Å². The summed E-state index contributed by atoms with van der Waals surface area (Å²) in [5, 5.41) is 0.996. The Balaban J connectivity index is 1.55. The lowest BCUT2D eigenvalue weighted by Crippen LogP contribution is -2.02. The number of halogens is 1. The zero-order chi connectivity index (χ0) is 15.5. The van der Waals surface area contributed by atoms with Crippen molar-refractivity contribution in [1.82, 2.24) is 0 Å². The minimum absolute atomic E-state index is 0.675. The van der Waals surface area contributed by atoms with E-state index in [-0.39, 0.29) is 0 Å². The second-order valence-electron chi connectivity index (χ2n) is 5.20. The van der Waals surface area contributed by atoms with Gasteiger partial charge >= 0.3 is 0 Å². The third-order valence-electron chi connectivity index (χ3n) is 3.33. The van der Waals surface area contributed by atoms with Crippen molar-refractivity contribution in [3.63, 3.8) is 0 Å². The molecule has 0 aliphatic heterocycles. The lowest BCUT2D eigenvalue weighted by Gasteiger charge is -2.07. The van der Waals surface area contributed by atoms with Gasteiger partial charge in [-0.05, 0) is 29.5 Å². The summed E-state index contributed by atoms with van der Waals surface area (Å²) < 4.78 is 11.4. The summed E-state index contributed by atoms with van der Waals surface area (Å²) in [7, 11) is 0. The molecular formula is C19H23BrO2. The van der Waals surface area contributed by atoms with Crippen LogP contribution in [0.5, 0.6) is 0 Å². The summed E-state index contributed by atoms with van der Waals surface area (Å²) in [5.74, 6) is 0. The van der Waals surface area contributed by atoms with Crippen LogP contribution in [0.15, 0.2) is 54.6 Å². The SMILES string of the molecule is BrCCc1cccc(COCCCOCc2ccccc2)c1. The second-order valence-corrected chi connectivity index (χ2v) is 6.00. The lowest BCUT2D eigenvalue weighted by atomic mass is 10.1. The molecule has 0 aromatic heterocycles. The van der Waals surface area contributed by atoms with Gasteiger partial charge in [0.15, 0.2) is 0 Å². The van der Waals surface area contributed by atoms with E-state index in [0.29, 0.717) is 13.2 Å². The molecule has 0 bridgehead atoms. The maximum atomic E-state index is 5.71. The van der Waals surface area contributed by atoms with Crippen LogP contribution in [0.25, 0.3) is 0 Å². The first-order valence-electron chi connectivity index (χ1n) is 7.71. The van der Waals surface area contributed by atoms with Gasteiger partial charge in [-0.2, -0.15) is 0 Å². The van der Waals surface area contributed by atoms with Gasteiger partial charge in [0.05, 0.1) is 13.2 Å². The molecule has 0 aliphatic carbocycles. The van der Waals surface area contributed by atoms with Gasteiger partial charge in [-0.15, -0.1) is 0 Å². The van der Waals surface area contributed by atoms with Gasteiger partial charge < -0.3 is 9.47 Å². The first-order chi connectivity index (χ1) is 10.9. The number of hydrogen-bond acceptors (Lipinski definition) is 2. The first kappa shape index (κ1) is 17.2. The number of alkyl halides is 1. The standard InChI is InChI=1S/C19H23BrO2/c20-11-10-17-8-4-9-19(14-17)16-22-13-5-12-21-15-18-6-2-1-3-7-18/h1-4,6-9,14H,5,10-13,15-16H2. The molecule has 2 aromatic rings. The summed E-state index contributed by atoms with van der Waals surface area (Å²) in [6, 6.07) is 18.8. The molecule has 0 saturated carbocycles. The van der Waals surface area contributed by atoms with E-state index >= 15 is 0 Å². The Bertz CT molecular complexity index is 528. The highest BCUT2D eigenvalue weighted by Crippen LogP contribution is 2.08. The Hall–Kier alpha value is -1.16. The second kappa shape index (κ2) is 10.5. The number of ether oxygens (including phenoxy) is 2. The summed E-state index contributed by atoms with van der Waals surface area (Å²) in [6.45, 7) is 2.82. The van der Waals surface area contributed by atoms with E-state index < -0.39 is 0 Å². The molecule has 22 heavy (non-hydrogen) atoms. The number of rotatable bonds is 10. The molecule has 0 fully saturated rings. The molecule has 3 heteroatoms. The average molecular weight is 363 g/mol. The van der Waals surface area contributed by atoms with Crippen LogP contribution < -0.4 is 0 Å². The van der Waals surface area contributed by atoms with Crippen LogP contribution in [0.1, 0.15) is 23.1 Å². The van der Waals surface area contributed by atoms with Crippen molar-refractivity contribution in [3.8, 4) is 0 Å². The Morgan fingerprint density at radius 3 is 2.09 bits per heavy atom. The Morgan fingerprint density at radius 2 is 1.36 bits per heavy atom. The highest BCUT2D eigenvalue weighted by molar-refractivity contribution is 9.09. The van der Waals surface area contributed by atoms with E-state index in [4.69, 9.17) is 9.47 Å². The van der Waals surface area contributed by atoms with E-state index in [2.05, 4.69) is 52.3 Å². The minimum atomic E-state index is 0.675. The van der Waals surface area contributed by atoms with Crippen molar-refractivity contribution < 1.29 is 9.47 Å². The quantitative estimate of drug-likeness (QED) is 0.448. The number of benzene rings is 2. The molecule has 2 rings (SSSR count). The van der Waals surface area contributed by atoms with Crippen LogP contribution in [0.3, 0.4) is 0 Å². The number of aryl methyl sites for hydroxylation is 1. The normalized spacial score (nSPS) is 10.8. The monoisotopic (exact) mass is 362 g/mol. The maximum absolute atomic E-state index is 5.71. The lowest BCUT2D eigenvalue weighted by molar-refractivity contribution is 0.0695. The van der Waals surface area contributed by atoms with Crippen LogP contribution in [0, 0.1) is 0 Å². The predicted molar refractivity (Wildman–Crippen MR) is 94.3 cm³/mol. The summed E-state index contributed by atoms with van der Waals surface area (Å²) in [5.41, 5.74) is 3.81. The van der Waals surface area contributed by atoms with Crippen LogP contribution in [0.4, 0.5) is 0 Å². The number of hydrogen-bond donors (Lipinski definition) is 0. The van der Waals surface area contributed by atoms with Gasteiger partial charge in [0.2, 0.25) is 0 Å². The van der Waals surface area contributed by atoms with E-state index in [0.717, 1.165) is 31.4 Å². The zero-order valence-electron chi connectivity index (χ0n) is 12.8. The molecule has 0 heterocycles. The molecule has 0 amide bonds. The molecule has 118 valence electrons. The van der Waals surface area contributed by atoms with Crippen LogP contribution in [0.2, 0.25) is 0 Å². The van der Waals surface area contributed by atoms with Crippen LogP contribution in [-0.4, -0.2) is 18.5 Å². The minimum Gasteiger partial charge on any atom is -0.377 e. The van der Waals surface area contributed by atoms with E-state index in [1.807, 2.05) is 18.2 Å². The van der Waals surface area contributed by atoms with Gasteiger partial charge in [0.1, 0.15) is 0 Å². The smallest absolute Gasteiger partial charge is 0.0716 e. The van der Waals surface area contributed by atoms with Gasteiger partial charge in [-0.25, -0.2) is 0 Å². The third-order valence-corrected chi connectivity index (χ3v) is 3.73. The maximum Gasteiger partial charge on any atom is 0.0716 e. The van der Waals surface area contributed by atoms with E-state index in [9.17, 15) is 0 Å². The fraction of sp³-hybridized carbons (Fsp3) is 0.368. The molecule has 0 atom stereocenters. The highest BCUT2D eigenvalue weighted by Gasteiger charge is 1.97. The van der Waals surface area contributed by atoms with Crippen molar-refractivity contribution in [3.05, 3.63) is 71.3 Å². The summed E-state index contributed by atoms with van der Waals surface area (Å²) >= 11 is 3.47.